The van der Waals surface area contributed by atoms with Gasteiger partial charge in [0.25, 0.3) is 5.91 Å². The summed E-state index contributed by atoms with van der Waals surface area (Å²) < 4.78 is 34.8. The summed E-state index contributed by atoms with van der Waals surface area (Å²) in [6.45, 7) is 0.460. The number of carbonyl (C=O) groups is 2. The maximum atomic E-state index is 12.9. The number of benzene rings is 1. The molecule has 2 aliphatic heterocycles. The average Bonchev–Trinajstić information content (AvgIpc) is 3.45. The minimum atomic E-state index is -3.17. The van der Waals surface area contributed by atoms with Crippen LogP contribution in [0.15, 0.2) is 42.9 Å². The molecule has 2 aromatic rings. The van der Waals surface area contributed by atoms with Crippen molar-refractivity contribution in [2.45, 2.75) is 31.4 Å². The lowest BCUT2D eigenvalue weighted by Gasteiger charge is -2.30. The average molecular weight is 475 g/mol. The van der Waals surface area contributed by atoms with Gasteiger partial charge >= 0.3 is 5.97 Å². The van der Waals surface area contributed by atoms with Gasteiger partial charge in [0.05, 0.1) is 29.4 Å². The molecule has 4 rings (SSSR count). The summed E-state index contributed by atoms with van der Waals surface area (Å²) in [4.78, 5) is 35.1. The van der Waals surface area contributed by atoms with Gasteiger partial charge in [-0.1, -0.05) is 6.07 Å². The summed E-state index contributed by atoms with van der Waals surface area (Å²) in [6, 6.07) is 6.20. The first-order valence-corrected chi connectivity index (χ1v) is 12.6. The highest BCUT2D eigenvalue weighted by Crippen LogP contribution is 2.22. The van der Waals surface area contributed by atoms with Gasteiger partial charge in [-0.05, 0) is 37.5 Å². The van der Waals surface area contributed by atoms with Crippen LogP contribution in [0.5, 0.6) is 0 Å². The van der Waals surface area contributed by atoms with Crippen LogP contribution in [0.25, 0.3) is 0 Å². The van der Waals surface area contributed by atoms with E-state index < -0.39 is 34.4 Å². The summed E-state index contributed by atoms with van der Waals surface area (Å²) in [5, 5.41) is 3.04. The maximum absolute atomic E-state index is 12.9. The lowest BCUT2D eigenvalue weighted by molar-refractivity contribution is -0.138. The highest BCUT2D eigenvalue weighted by Gasteiger charge is 2.36. The second-order valence-electron chi connectivity index (χ2n) is 8.11. The first kappa shape index (κ1) is 23.1. The van der Waals surface area contributed by atoms with Gasteiger partial charge in [-0.25, -0.2) is 18.2 Å². The predicted octanol–water partition coefficient (Wildman–Crippen LogP) is 1.57. The van der Waals surface area contributed by atoms with E-state index in [1.54, 1.807) is 42.9 Å². The number of aromatic nitrogens is 2. The van der Waals surface area contributed by atoms with Gasteiger partial charge in [-0.2, -0.15) is 0 Å². The third-order valence-corrected chi connectivity index (χ3v) is 7.40. The molecule has 0 aliphatic carbocycles. The lowest BCUT2D eigenvalue weighted by Crippen LogP contribution is -2.47. The molecule has 33 heavy (non-hydrogen) atoms. The molecule has 1 amide bonds. The Kier molecular flexibility index (Phi) is 7.19. The van der Waals surface area contributed by atoms with Crippen LogP contribution in [0.4, 0.5) is 11.5 Å². The first-order chi connectivity index (χ1) is 15.9. The Balaban J connectivity index is 1.38. The number of rotatable bonds is 8. The van der Waals surface area contributed by atoms with Crippen LogP contribution in [0.3, 0.4) is 0 Å². The van der Waals surface area contributed by atoms with E-state index >= 15 is 0 Å². The van der Waals surface area contributed by atoms with Crippen LogP contribution < -0.4 is 5.32 Å². The van der Waals surface area contributed by atoms with Gasteiger partial charge in [-0.15, -0.1) is 0 Å². The molecule has 176 valence electrons. The minimum absolute atomic E-state index is 0.0539. The van der Waals surface area contributed by atoms with E-state index in [2.05, 4.69) is 15.3 Å². The van der Waals surface area contributed by atoms with E-state index in [4.69, 9.17) is 9.47 Å². The van der Waals surface area contributed by atoms with Crippen molar-refractivity contribution in [1.82, 2.24) is 14.9 Å². The van der Waals surface area contributed by atoms with Crippen LogP contribution in [0.1, 0.15) is 29.6 Å². The van der Waals surface area contributed by atoms with Gasteiger partial charge in [0.1, 0.15) is 5.82 Å². The number of sulfone groups is 1. The smallest absolute Gasteiger partial charge is 0.338 e. The van der Waals surface area contributed by atoms with Crippen molar-refractivity contribution < 1.29 is 27.5 Å². The summed E-state index contributed by atoms with van der Waals surface area (Å²) in [7, 11) is -3.17. The van der Waals surface area contributed by atoms with E-state index in [0.29, 0.717) is 31.1 Å². The second kappa shape index (κ2) is 10.3. The summed E-state index contributed by atoms with van der Waals surface area (Å²) in [5.41, 5.74) is 0.887. The topological polar surface area (TPSA) is 128 Å². The number of carbonyl (C=O) groups excluding carboxylic acids is 2. The zero-order valence-corrected chi connectivity index (χ0v) is 18.9. The molecular weight excluding hydrogens is 448 g/mol. The SMILES string of the molecule is O=C(OCC(=O)N(CC1CCCO1)C1CCS(=O)(=O)C1)c1cccc(Nc2cnccn2)c1. The van der Waals surface area contributed by atoms with Crippen molar-refractivity contribution in [2.75, 3.05) is 36.6 Å². The number of hydrogen-bond donors (Lipinski definition) is 1. The van der Waals surface area contributed by atoms with Crippen LogP contribution >= 0.6 is 0 Å². The van der Waals surface area contributed by atoms with Crippen molar-refractivity contribution in [3.63, 3.8) is 0 Å². The van der Waals surface area contributed by atoms with Crippen LogP contribution in [0.2, 0.25) is 0 Å². The van der Waals surface area contributed by atoms with E-state index in [0.717, 1.165) is 12.8 Å². The number of amides is 1. The molecule has 2 unspecified atom stereocenters. The molecule has 0 spiro atoms. The third kappa shape index (κ3) is 6.26. The van der Waals surface area contributed by atoms with Gasteiger partial charge in [0.2, 0.25) is 0 Å². The fourth-order valence-corrected chi connectivity index (χ4v) is 5.74. The molecule has 0 bridgehead atoms. The highest BCUT2D eigenvalue weighted by molar-refractivity contribution is 7.91. The zero-order valence-electron chi connectivity index (χ0n) is 18.1. The van der Waals surface area contributed by atoms with Gasteiger partial charge in [0.15, 0.2) is 16.4 Å². The van der Waals surface area contributed by atoms with E-state index in [9.17, 15) is 18.0 Å². The van der Waals surface area contributed by atoms with Crippen molar-refractivity contribution in [2.24, 2.45) is 0 Å². The molecule has 11 heteroatoms. The van der Waals surface area contributed by atoms with Crippen molar-refractivity contribution >= 4 is 33.2 Å². The van der Waals surface area contributed by atoms with Crippen LogP contribution in [-0.4, -0.2) is 78.6 Å². The van der Waals surface area contributed by atoms with E-state index in [1.807, 2.05) is 0 Å². The Hall–Kier alpha value is -3.05. The summed E-state index contributed by atoms with van der Waals surface area (Å²) in [5.74, 6) is -0.570. The quantitative estimate of drug-likeness (QED) is 0.567. The van der Waals surface area contributed by atoms with Crippen LogP contribution in [0, 0.1) is 0 Å². The number of nitrogens with zero attached hydrogens (tertiary/aromatic N) is 3. The Morgan fingerprint density at radius 3 is 2.82 bits per heavy atom. The number of anilines is 2. The maximum Gasteiger partial charge on any atom is 0.338 e. The largest absolute Gasteiger partial charge is 0.452 e. The molecule has 1 aromatic carbocycles. The normalized spacial score (nSPS) is 21.5. The molecule has 3 heterocycles. The number of ether oxygens (including phenoxy) is 2. The molecule has 2 atom stereocenters. The molecule has 10 nitrogen and oxygen atoms in total. The summed E-state index contributed by atoms with van der Waals surface area (Å²) >= 11 is 0. The van der Waals surface area contributed by atoms with Crippen molar-refractivity contribution in [3.05, 3.63) is 48.4 Å². The molecule has 2 aliphatic rings. The molecule has 2 fully saturated rings. The monoisotopic (exact) mass is 474 g/mol. The lowest BCUT2D eigenvalue weighted by atomic mass is 10.1. The first-order valence-electron chi connectivity index (χ1n) is 10.8. The third-order valence-electron chi connectivity index (χ3n) is 5.65. The van der Waals surface area contributed by atoms with Crippen molar-refractivity contribution in [1.29, 1.82) is 0 Å². The molecule has 2 saturated heterocycles. The Morgan fingerprint density at radius 1 is 1.24 bits per heavy atom. The Morgan fingerprint density at radius 2 is 2.12 bits per heavy atom. The Bertz CT molecular complexity index is 1090. The molecule has 0 saturated carbocycles. The number of esters is 1. The van der Waals surface area contributed by atoms with Gasteiger partial charge in [0, 0.05) is 37.3 Å². The zero-order chi connectivity index (χ0) is 23.3. The fourth-order valence-electron chi connectivity index (χ4n) is 4.01. The number of hydrogen-bond acceptors (Lipinski definition) is 9. The molecule has 1 aromatic heterocycles. The predicted molar refractivity (Wildman–Crippen MR) is 120 cm³/mol. The summed E-state index contributed by atoms with van der Waals surface area (Å²) in [6.07, 6.45) is 6.62. The molecule has 0 radical (unpaired) electrons. The molecule has 1 N–H and O–H groups in total. The Labute approximate surface area is 192 Å². The van der Waals surface area contributed by atoms with Crippen molar-refractivity contribution in [3.8, 4) is 0 Å². The van der Waals surface area contributed by atoms with E-state index in [-0.39, 0.29) is 23.2 Å². The minimum Gasteiger partial charge on any atom is -0.452 e. The molecular formula is C22H26N4O6S. The van der Waals surface area contributed by atoms with Gasteiger partial charge < -0.3 is 19.7 Å². The number of nitrogens with one attached hydrogen (secondary N) is 1. The second-order valence-corrected chi connectivity index (χ2v) is 10.3. The fraction of sp³-hybridized carbons (Fsp3) is 0.455. The highest BCUT2D eigenvalue weighted by atomic mass is 32.2. The standard InChI is InChI=1S/C22H26N4O6S/c27-21(26(13-19-5-2-9-31-19)18-6-10-33(29,30)15-18)14-32-22(28)16-3-1-4-17(11-16)25-20-12-23-7-8-24-20/h1,3-4,7-8,11-12,18-19H,2,5-6,9-10,13-15H2,(H,24,25). The van der Waals surface area contributed by atoms with E-state index in [1.165, 1.54) is 4.90 Å². The van der Waals surface area contributed by atoms with Crippen LogP contribution in [-0.2, 0) is 24.1 Å². The van der Waals surface area contributed by atoms with Gasteiger partial charge in [-0.3, -0.25) is 9.78 Å².